The first-order valence-electron chi connectivity index (χ1n) is 6.55. The summed E-state index contributed by atoms with van der Waals surface area (Å²) < 4.78 is 2.03. The lowest BCUT2D eigenvalue weighted by atomic mass is 10.2. The summed E-state index contributed by atoms with van der Waals surface area (Å²) >= 11 is 0. The van der Waals surface area contributed by atoms with Crippen molar-refractivity contribution in [1.82, 2.24) is 19.5 Å². The predicted octanol–water partition coefficient (Wildman–Crippen LogP) is 3.25. The van der Waals surface area contributed by atoms with E-state index in [-0.39, 0.29) is 0 Å². The van der Waals surface area contributed by atoms with Gasteiger partial charge in [-0.3, -0.25) is 9.55 Å². The molecule has 0 unspecified atom stereocenters. The fourth-order valence-corrected chi connectivity index (χ4v) is 2.19. The fourth-order valence-electron chi connectivity index (χ4n) is 2.19. The minimum atomic E-state index is 0.695. The van der Waals surface area contributed by atoms with Crippen molar-refractivity contribution >= 4 is 0 Å². The van der Waals surface area contributed by atoms with Crippen molar-refractivity contribution in [1.29, 1.82) is 0 Å². The average Bonchev–Trinajstić information content (AvgIpc) is 2.79. The van der Waals surface area contributed by atoms with Gasteiger partial charge in [0.05, 0.1) is 5.69 Å². The van der Waals surface area contributed by atoms with Gasteiger partial charge in [0.25, 0.3) is 0 Å². The molecule has 3 rings (SSSR count). The summed E-state index contributed by atoms with van der Waals surface area (Å²) in [5.41, 5.74) is 5.22. The van der Waals surface area contributed by atoms with Crippen LogP contribution < -0.4 is 0 Å². The summed E-state index contributed by atoms with van der Waals surface area (Å²) in [7, 11) is 0. The molecule has 0 atom stereocenters. The van der Waals surface area contributed by atoms with E-state index in [1.165, 1.54) is 0 Å². The second kappa shape index (κ2) is 4.89. The monoisotopic (exact) mass is 264 g/mol. The molecule has 3 aromatic heterocycles. The van der Waals surface area contributed by atoms with Crippen LogP contribution in [-0.4, -0.2) is 19.5 Å². The van der Waals surface area contributed by atoms with Gasteiger partial charge in [0.2, 0.25) is 5.95 Å². The van der Waals surface area contributed by atoms with Crippen LogP contribution in [-0.2, 0) is 0 Å². The first-order chi connectivity index (χ1) is 9.65. The van der Waals surface area contributed by atoms with Crippen LogP contribution >= 0.6 is 0 Å². The normalized spacial score (nSPS) is 10.8. The largest absolute Gasteiger partial charge is 0.287 e. The summed E-state index contributed by atoms with van der Waals surface area (Å²) in [5.74, 6) is 0.695. The molecule has 100 valence electrons. The molecule has 0 aromatic carbocycles. The van der Waals surface area contributed by atoms with Crippen molar-refractivity contribution in [2.75, 3.05) is 0 Å². The molecule has 4 heteroatoms. The van der Waals surface area contributed by atoms with E-state index in [1.807, 2.05) is 56.1 Å². The molecular weight excluding hydrogens is 248 g/mol. The van der Waals surface area contributed by atoms with Crippen molar-refractivity contribution in [3.05, 3.63) is 59.8 Å². The molecular formula is C16H16N4. The maximum atomic E-state index is 4.45. The molecule has 0 radical (unpaired) electrons. The molecule has 0 aliphatic rings. The van der Waals surface area contributed by atoms with E-state index in [0.717, 1.165) is 28.2 Å². The van der Waals surface area contributed by atoms with Crippen molar-refractivity contribution < 1.29 is 0 Å². The molecule has 0 N–H and O–H groups in total. The summed E-state index contributed by atoms with van der Waals surface area (Å²) in [6, 6.07) is 8.15. The highest BCUT2D eigenvalue weighted by molar-refractivity contribution is 5.56. The molecule has 3 aromatic rings. The Labute approximate surface area is 118 Å². The highest BCUT2D eigenvalue weighted by Crippen LogP contribution is 2.17. The van der Waals surface area contributed by atoms with Gasteiger partial charge in [0, 0.05) is 35.5 Å². The molecule has 0 fully saturated rings. The van der Waals surface area contributed by atoms with Crippen LogP contribution in [0.25, 0.3) is 17.2 Å². The third-order valence-electron chi connectivity index (χ3n) is 3.32. The third-order valence-corrected chi connectivity index (χ3v) is 3.32. The van der Waals surface area contributed by atoms with Crippen molar-refractivity contribution in [3.8, 4) is 17.2 Å². The fraction of sp³-hybridized carbons (Fsp3) is 0.188. The quantitative estimate of drug-likeness (QED) is 0.713. The van der Waals surface area contributed by atoms with E-state index >= 15 is 0 Å². The zero-order valence-corrected chi connectivity index (χ0v) is 11.8. The Balaban J connectivity index is 1.98. The number of rotatable bonds is 2. The number of nitrogens with zero attached hydrogens (tertiary/aromatic N) is 4. The van der Waals surface area contributed by atoms with Gasteiger partial charge in [-0.05, 0) is 44.5 Å². The van der Waals surface area contributed by atoms with Gasteiger partial charge in [-0.2, -0.15) is 0 Å². The first-order valence-corrected chi connectivity index (χ1v) is 6.55. The predicted molar refractivity (Wildman–Crippen MR) is 78.8 cm³/mol. The van der Waals surface area contributed by atoms with Gasteiger partial charge in [0.1, 0.15) is 0 Å². The number of pyridine rings is 1. The van der Waals surface area contributed by atoms with Gasteiger partial charge >= 0.3 is 0 Å². The summed E-state index contributed by atoms with van der Waals surface area (Å²) in [5, 5.41) is 0. The highest BCUT2D eigenvalue weighted by atomic mass is 15.2. The molecule has 0 saturated heterocycles. The van der Waals surface area contributed by atoms with Crippen LogP contribution in [0.3, 0.4) is 0 Å². The smallest absolute Gasteiger partial charge is 0.234 e. The number of aryl methyl sites for hydroxylation is 3. The Morgan fingerprint density at radius 3 is 1.95 bits per heavy atom. The van der Waals surface area contributed by atoms with Crippen LogP contribution in [0.1, 0.15) is 17.0 Å². The van der Waals surface area contributed by atoms with E-state index < -0.39 is 0 Å². The van der Waals surface area contributed by atoms with Crippen molar-refractivity contribution in [3.63, 3.8) is 0 Å². The topological polar surface area (TPSA) is 43.6 Å². The van der Waals surface area contributed by atoms with E-state index in [1.54, 1.807) is 0 Å². The zero-order valence-electron chi connectivity index (χ0n) is 11.8. The summed E-state index contributed by atoms with van der Waals surface area (Å²) in [6.07, 6.45) is 5.49. The minimum absolute atomic E-state index is 0.695. The lowest BCUT2D eigenvalue weighted by molar-refractivity contribution is 0.873. The SMILES string of the molecule is Cc1ccc(-c2cnc(-n3c(C)ccc3C)nc2)nc1. The van der Waals surface area contributed by atoms with Crippen LogP contribution in [0.5, 0.6) is 0 Å². The summed E-state index contributed by atoms with van der Waals surface area (Å²) in [6.45, 7) is 6.12. The van der Waals surface area contributed by atoms with E-state index in [4.69, 9.17) is 0 Å². The zero-order chi connectivity index (χ0) is 14.1. The third kappa shape index (κ3) is 2.20. The lowest BCUT2D eigenvalue weighted by Gasteiger charge is -2.07. The van der Waals surface area contributed by atoms with Crippen LogP contribution in [0.4, 0.5) is 0 Å². The Morgan fingerprint density at radius 1 is 0.750 bits per heavy atom. The highest BCUT2D eigenvalue weighted by Gasteiger charge is 2.07. The van der Waals surface area contributed by atoms with Gasteiger partial charge in [-0.25, -0.2) is 9.97 Å². The van der Waals surface area contributed by atoms with Crippen molar-refractivity contribution in [2.24, 2.45) is 0 Å². The molecule has 20 heavy (non-hydrogen) atoms. The van der Waals surface area contributed by atoms with Crippen LogP contribution in [0, 0.1) is 20.8 Å². The Kier molecular flexibility index (Phi) is 3.06. The second-order valence-corrected chi connectivity index (χ2v) is 4.94. The lowest BCUT2D eigenvalue weighted by Crippen LogP contribution is -2.04. The summed E-state index contributed by atoms with van der Waals surface area (Å²) in [4.78, 5) is 13.3. The van der Waals surface area contributed by atoms with Gasteiger partial charge in [0.15, 0.2) is 0 Å². The van der Waals surface area contributed by atoms with Crippen molar-refractivity contribution in [2.45, 2.75) is 20.8 Å². The van der Waals surface area contributed by atoms with Gasteiger partial charge in [-0.15, -0.1) is 0 Å². The average molecular weight is 264 g/mol. The Morgan fingerprint density at radius 2 is 1.40 bits per heavy atom. The van der Waals surface area contributed by atoms with Crippen LogP contribution in [0.2, 0.25) is 0 Å². The minimum Gasteiger partial charge on any atom is -0.287 e. The number of aromatic nitrogens is 4. The molecule has 0 aliphatic carbocycles. The maximum absolute atomic E-state index is 4.45. The van der Waals surface area contributed by atoms with Crippen LogP contribution in [0.15, 0.2) is 42.9 Å². The molecule has 0 amide bonds. The second-order valence-electron chi connectivity index (χ2n) is 4.94. The number of hydrogen-bond acceptors (Lipinski definition) is 3. The maximum Gasteiger partial charge on any atom is 0.234 e. The standard InChI is InChI=1S/C16H16N4/c1-11-4-7-15(17-8-11)14-9-18-16(19-10-14)20-12(2)5-6-13(20)3/h4-10H,1-3H3. The van der Waals surface area contributed by atoms with Gasteiger partial charge in [-0.1, -0.05) is 6.07 Å². The molecule has 0 aliphatic heterocycles. The van der Waals surface area contributed by atoms with E-state index in [9.17, 15) is 0 Å². The molecule has 0 saturated carbocycles. The first kappa shape index (κ1) is 12.5. The van der Waals surface area contributed by atoms with E-state index in [2.05, 4.69) is 27.1 Å². The molecule has 0 bridgehead atoms. The number of hydrogen-bond donors (Lipinski definition) is 0. The Bertz CT molecular complexity index is 705. The van der Waals surface area contributed by atoms with Gasteiger partial charge < -0.3 is 0 Å². The molecule has 0 spiro atoms. The van der Waals surface area contributed by atoms with E-state index in [0.29, 0.717) is 5.95 Å². The Hall–Kier alpha value is -2.49. The molecule has 3 heterocycles. The molecule has 4 nitrogen and oxygen atoms in total.